The van der Waals surface area contributed by atoms with Crippen LogP contribution < -0.4 is 0 Å². The summed E-state index contributed by atoms with van der Waals surface area (Å²) in [6.45, 7) is 3.96. The second-order valence-electron chi connectivity index (χ2n) is 9.84. The third kappa shape index (κ3) is 2.19. The quantitative estimate of drug-likeness (QED) is 0.646. The second-order valence-corrected chi connectivity index (χ2v) is 9.84. The molecule has 0 heterocycles. The summed E-state index contributed by atoms with van der Waals surface area (Å²) in [4.78, 5) is 24.3. The Morgan fingerprint density at radius 3 is 2.55 bits per heavy atom. The molecule has 0 aliphatic heterocycles. The zero-order valence-corrected chi connectivity index (χ0v) is 16.9. The third-order valence-electron chi connectivity index (χ3n) is 8.78. The molecule has 4 aliphatic rings. The number of fused-ring (bicyclic) bond motifs is 5. The molecule has 0 aromatic carbocycles. The van der Waals surface area contributed by atoms with Crippen molar-refractivity contribution in [3.05, 3.63) is 23.8 Å². The van der Waals surface area contributed by atoms with Gasteiger partial charge in [-0.05, 0) is 55.7 Å². The number of carbonyl (C=O) groups excluding carboxylic acids is 2. The first-order valence-corrected chi connectivity index (χ1v) is 10.2. The molecule has 0 aromatic heterocycles. The van der Waals surface area contributed by atoms with Crippen LogP contribution in [0.15, 0.2) is 23.8 Å². The Morgan fingerprint density at radius 1 is 1.28 bits per heavy atom. The van der Waals surface area contributed by atoms with E-state index in [1.807, 2.05) is 0 Å². The summed E-state index contributed by atoms with van der Waals surface area (Å²) in [6, 6.07) is 0. The van der Waals surface area contributed by atoms with Crippen LogP contribution in [0.4, 0.5) is 8.78 Å². The lowest BCUT2D eigenvalue weighted by Gasteiger charge is -2.63. The van der Waals surface area contributed by atoms with E-state index in [4.69, 9.17) is 0 Å². The van der Waals surface area contributed by atoms with Crippen LogP contribution in [0.25, 0.3) is 0 Å². The summed E-state index contributed by atoms with van der Waals surface area (Å²) in [7, 11) is 0. The van der Waals surface area contributed by atoms with Gasteiger partial charge in [0.25, 0.3) is 0 Å². The van der Waals surface area contributed by atoms with Crippen molar-refractivity contribution in [2.45, 2.75) is 63.6 Å². The van der Waals surface area contributed by atoms with Crippen molar-refractivity contribution in [1.29, 1.82) is 0 Å². The summed E-state index contributed by atoms with van der Waals surface area (Å²) in [6.07, 6.45) is 0.427. The lowest BCUT2D eigenvalue weighted by molar-refractivity contribution is -0.223. The fraction of sp³-hybridized carbons (Fsp3) is 0.727. The Bertz CT molecular complexity index is 839. The number of carbonyl (C=O) groups is 2. The molecule has 29 heavy (non-hydrogen) atoms. The van der Waals surface area contributed by atoms with Gasteiger partial charge >= 0.3 is 0 Å². The van der Waals surface area contributed by atoms with Crippen LogP contribution in [0, 0.1) is 28.6 Å². The van der Waals surface area contributed by atoms with Crippen molar-refractivity contribution < 1.29 is 33.7 Å². The Labute approximate surface area is 168 Å². The van der Waals surface area contributed by atoms with E-state index < -0.39 is 70.3 Å². The number of allylic oxidation sites excluding steroid dienone is 4. The Morgan fingerprint density at radius 2 is 1.93 bits per heavy atom. The van der Waals surface area contributed by atoms with Gasteiger partial charge < -0.3 is 15.3 Å². The molecule has 0 saturated heterocycles. The molecule has 5 nitrogen and oxygen atoms in total. The van der Waals surface area contributed by atoms with Gasteiger partial charge in [-0.25, -0.2) is 8.78 Å². The average molecular weight is 410 g/mol. The van der Waals surface area contributed by atoms with Gasteiger partial charge in [-0.3, -0.25) is 9.59 Å². The number of hydrogen-bond acceptors (Lipinski definition) is 5. The zero-order valence-electron chi connectivity index (χ0n) is 16.9. The molecule has 9 atom stereocenters. The molecule has 2 unspecified atom stereocenters. The highest BCUT2D eigenvalue weighted by Gasteiger charge is 2.76. The van der Waals surface area contributed by atoms with E-state index in [-0.39, 0.29) is 24.8 Å². The smallest absolute Gasteiger partial charge is 0.190 e. The van der Waals surface area contributed by atoms with Gasteiger partial charge in [0.1, 0.15) is 18.4 Å². The van der Waals surface area contributed by atoms with Crippen LogP contribution in [0.2, 0.25) is 0 Å². The molecule has 0 aromatic rings. The predicted molar refractivity (Wildman–Crippen MR) is 100 cm³/mol. The number of Topliss-reactive ketones (excluding diaryl/α,β-unsaturated/α-hetero) is 1. The van der Waals surface area contributed by atoms with Crippen molar-refractivity contribution in [3.8, 4) is 0 Å². The summed E-state index contributed by atoms with van der Waals surface area (Å²) in [5, 5.41) is 31.9. The Hall–Kier alpha value is -1.44. The normalized spacial score (nSPS) is 53.7. The fourth-order valence-electron chi connectivity index (χ4n) is 7.25. The Balaban J connectivity index is 1.87. The minimum Gasteiger partial charge on any atom is -0.390 e. The summed E-state index contributed by atoms with van der Waals surface area (Å²) < 4.78 is 32.1. The van der Waals surface area contributed by atoms with Crippen molar-refractivity contribution in [2.24, 2.45) is 28.6 Å². The summed E-state index contributed by atoms with van der Waals surface area (Å²) >= 11 is 0. The monoisotopic (exact) mass is 410 g/mol. The molecule has 0 spiro atoms. The largest absolute Gasteiger partial charge is 0.390 e. The van der Waals surface area contributed by atoms with E-state index in [0.717, 1.165) is 6.08 Å². The first-order valence-electron chi connectivity index (χ1n) is 10.2. The van der Waals surface area contributed by atoms with Gasteiger partial charge in [0, 0.05) is 16.7 Å². The highest BCUT2D eigenvalue weighted by Crippen LogP contribution is 2.70. The fourth-order valence-corrected chi connectivity index (χ4v) is 7.25. The molecule has 4 rings (SSSR count). The molecule has 0 radical (unpaired) electrons. The number of aliphatic hydroxyl groups excluding tert-OH is 2. The van der Waals surface area contributed by atoms with Crippen molar-refractivity contribution in [3.63, 3.8) is 0 Å². The summed E-state index contributed by atoms with van der Waals surface area (Å²) in [5.41, 5.74) is -6.81. The van der Waals surface area contributed by atoms with E-state index in [0.29, 0.717) is 0 Å². The van der Waals surface area contributed by atoms with Crippen LogP contribution >= 0.6 is 0 Å². The van der Waals surface area contributed by atoms with Crippen molar-refractivity contribution in [1.82, 2.24) is 0 Å². The first kappa shape index (κ1) is 20.8. The summed E-state index contributed by atoms with van der Waals surface area (Å²) in [5.74, 6) is -3.24. The lowest BCUT2D eigenvalue weighted by atomic mass is 9.44. The van der Waals surface area contributed by atoms with Crippen LogP contribution in [0.5, 0.6) is 0 Å². The van der Waals surface area contributed by atoms with Gasteiger partial charge in [0.05, 0.1) is 6.10 Å². The van der Waals surface area contributed by atoms with E-state index in [2.05, 4.69) is 0 Å². The maximum Gasteiger partial charge on any atom is 0.190 e. The molecule has 4 aliphatic carbocycles. The van der Waals surface area contributed by atoms with Gasteiger partial charge in [-0.1, -0.05) is 19.9 Å². The van der Waals surface area contributed by atoms with E-state index in [1.54, 1.807) is 13.8 Å². The van der Waals surface area contributed by atoms with Gasteiger partial charge in [0.15, 0.2) is 17.2 Å². The molecule has 0 bridgehead atoms. The standard InChI is InChI=1S/C22H28F2O5/c1-11-6-13-14-8-16(23)15-7-12(26)4-5-19(15,2)21(14,24)17(27)9-20(13,3)22(11,29)18(28)10-25/h4-5,7,11,13-14,16-17,25,27,29H,6,8-10H2,1-3H3/t11?,13-,14-,16?,17-,19-,20-,21-,22-/m0/s1. The van der Waals surface area contributed by atoms with Gasteiger partial charge in [-0.15, -0.1) is 0 Å². The molecular formula is C22H28F2O5. The number of halogens is 2. The number of hydrogen-bond donors (Lipinski definition) is 3. The van der Waals surface area contributed by atoms with Crippen LogP contribution in [0.1, 0.15) is 40.0 Å². The van der Waals surface area contributed by atoms with E-state index in [9.17, 15) is 24.9 Å². The first-order chi connectivity index (χ1) is 13.4. The number of ketones is 2. The van der Waals surface area contributed by atoms with Crippen LogP contribution in [-0.2, 0) is 9.59 Å². The Kier molecular flexibility index (Phi) is 4.34. The number of alkyl halides is 2. The van der Waals surface area contributed by atoms with Crippen LogP contribution in [0.3, 0.4) is 0 Å². The molecular weight excluding hydrogens is 382 g/mol. The lowest BCUT2D eigenvalue weighted by Crippen LogP contribution is -2.70. The molecule has 160 valence electrons. The zero-order chi connectivity index (χ0) is 21.6. The molecule has 3 fully saturated rings. The molecule has 3 saturated carbocycles. The van der Waals surface area contributed by atoms with Crippen molar-refractivity contribution in [2.75, 3.05) is 6.61 Å². The average Bonchev–Trinajstić information content (AvgIpc) is 2.86. The molecule has 7 heteroatoms. The second kappa shape index (κ2) is 6.05. The van der Waals surface area contributed by atoms with Gasteiger partial charge in [-0.2, -0.15) is 0 Å². The third-order valence-corrected chi connectivity index (χ3v) is 8.78. The predicted octanol–water partition coefficient (Wildman–Crippen LogP) is 1.84. The topological polar surface area (TPSA) is 94.8 Å². The molecule has 3 N–H and O–H groups in total. The maximum atomic E-state index is 16.9. The maximum absolute atomic E-state index is 16.9. The van der Waals surface area contributed by atoms with E-state index in [1.165, 1.54) is 19.1 Å². The SMILES string of the molecule is CC1C[C@H]2[C@@H]3CC(F)C4=CC(=O)C=C[C@]4(C)[C@@]3(F)[C@@H](O)C[C@]2(C)[C@@]1(O)C(=O)CO. The number of rotatable bonds is 2. The highest BCUT2D eigenvalue weighted by molar-refractivity contribution is 6.01. The number of aliphatic hydroxyl groups is 3. The van der Waals surface area contributed by atoms with E-state index >= 15 is 8.78 Å². The molecule has 0 amide bonds. The minimum absolute atomic E-state index is 0.0409. The van der Waals surface area contributed by atoms with Gasteiger partial charge in [0.2, 0.25) is 0 Å². The van der Waals surface area contributed by atoms with Crippen LogP contribution in [-0.4, -0.2) is 57.0 Å². The highest BCUT2D eigenvalue weighted by atomic mass is 19.1. The van der Waals surface area contributed by atoms with Crippen molar-refractivity contribution >= 4 is 11.6 Å². The minimum atomic E-state index is -2.24.